The van der Waals surface area contributed by atoms with Gasteiger partial charge in [0, 0.05) is 16.0 Å². The van der Waals surface area contributed by atoms with E-state index >= 15 is 0 Å². The Balaban J connectivity index is 2.30. The van der Waals surface area contributed by atoms with Gasteiger partial charge >= 0.3 is 0 Å². The number of nitrogens with one attached hydrogen (secondary N) is 1. The largest absolute Gasteiger partial charge is 0.310 e. The normalized spacial score (nSPS) is 11.0. The number of aromatic nitrogens is 2. The van der Waals surface area contributed by atoms with Crippen LogP contribution in [0.4, 0.5) is 0 Å². The van der Waals surface area contributed by atoms with Gasteiger partial charge < -0.3 is 4.98 Å². The van der Waals surface area contributed by atoms with E-state index in [1.54, 1.807) is 6.92 Å². The molecule has 90 valence electrons. The van der Waals surface area contributed by atoms with E-state index in [2.05, 4.69) is 9.97 Å². The first-order chi connectivity index (χ1) is 8.65. The number of H-pyrrole nitrogens is 1. The summed E-state index contributed by atoms with van der Waals surface area (Å²) in [6, 6.07) is 7.53. The number of aryl methyl sites for hydroxylation is 1. The minimum absolute atomic E-state index is 0.0808. The van der Waals surface area contributed by atoms with Crippen LogP contribution in [0.25, 0.3) is 21.3 Å². The second-order valence-corrected chi connectivity index (χ2v) is 5.30. The summed E-state index contributed by atoms with van der Waals surface area (Å²) < 4.78 is 0.658. The monoisotopic (exact) mass is 276 g/mol. The molecule has 1 aromatic carbocycles. The van der Waals surface area contributed by atoms with E-state index in [1.807, 2.05) is 29.6 Å². The van der Waals surface area contributed by atoms with Crippen molar-refractivity contribution in [3.8, 4) is 11.1 Å². The van der Waals surface area contributed by atoms with Gasteiger partial charge in [-0.15, -0.1) is 11.3 Å². The average Bonchev–Trinajstić information content (AvgIpc) is 2.74. The summed E-state index contributed by atoms with van der Waals surface area (Å²) >= 11 is 7.28. The summed E-state index contributed by atoms with van der Waals surface area (Å²) in [5.74, 6) is 0.626. The van der Waals surface area contributed by atoms with E-state index in [0.29, 0.717) is 15.5 Å². The number of nitrogens with zero attached hydrogens (tertiary/aromatic N) is 1. The van der Waals surface area contributed by atoms with Crippen molar-refractivity contribution >= 4 is 33.2 Å². The van der Waals surface area contributed by atoms with Crippen molar-refractivity contribution in [2.75, 3.05) is 0 Å². The van der Waals surface area contributed by atoms with Crippen molar-refractivity contribution in [2.24, 2.45) is 0 Å². The molecule has 3 rings (SSSR count). The molecule has 0 aliphatic heterocycles. The van der Waals surface area contributed by atoms with Crippen molar-refractivity contribution in [1.82, 2.24) is 9.97 Å². The minimum atomic E-state index is -0.0808. The molecule has 0 unspecified atom stereocenters. The van der Waals surface area contributed by atoms with E-state index in [1.165, 1.54) is 11.3 Å². The Hall–Kier alpha value is -1.65. The summed E-state index contributed by atoms with van der Waals surface area (Å²) in [6.45, 7) is 1.78. The van der Waals surface area contributed by atoms with Crippen LogP contribution in [-0.2, 0) is 0 Å². The number of hydrogen-bond donors (Lipinski definition) is 1. The van der Waals surface area contributed by atoms with E-state index in [-0.39, 0.29) is 5.56 Å². The molecular weight excluding hydrogens is 268 g/mol. The zero-order valence-corrected chi connectivity index (χ0v) is 11.1. The quantitative estimate of drug-likeness (QED) is 0.738. The van der Waals surface area contributed by atoms with Crippen molar-refractivity contribution in [1.29, 1.82) is 0 Å². The fourth-order valence-corrected chi connectivity index (χ4v) is 2.91. The number of hydrogen-bond acceptors (Lipinski definition) is 3. The lowest BCUT2D eigenvalue weighted by molar-refractivity contribution is 1.06. The third-order valence-electron chi connectivity index (χ3n) is 2.70. The summed E-state index contributed by atoms with van der Waals surface area (Å²) in [5, 5.41) is 2.65. The van der Waals surface area contributed by atoms with Gasteiger partial charge in [-0.3, -0.25) is 4.79 Å². The highest BCUT2D eigenvalue weighted by Crippen LogP contribution is 2.31. The molecule has 0 bridgehead atoms. The molecular formula is C13H9ClN2OS. The maximum absolute atomic E-state index is 11.8. The first-order valence-corrected chi connectivity index (χ1v) is 6.65. The molecule has 0 amide bonds. The van der Waals surface area contributed by atoms with Crippen LogP contribution in [0.1, 0.15) is 5.82 Å². The molecule has 0 aliphatic rings. The zero-order valence-electron chi connectivity index (χ0n) is 9.53. The van der Waals surface area contributed by atoms with Crippen LogP contribution in [0, 0.1) is 6.92 Å². The number of fused-ring (bicyclic) bond motifs is 1. The van der Waals surface area contributed by atoms with Gasteiger partial charge in [-0.2, -0.15) is 0 Å². The molecule has 2 heterocycles. The smallest absolute Gasteiger partial charge is 0.268 e. The Morgan fingerprint density at radius 1 is 1.28 bits per heavy atom. The standard InChI is InChI=1S/C13H9ClN2OS/c1-7-15-11-10(6-18-12(11)13(17)16-7)8-2-4-9(14)5-3-8/h2-6H,1H3,(H,15,16,17). The second kappa shape index (κ2) is 4.23. The van der Waals surface area contributed by atoms with Gasteiger partial charge in [-0.25, -0.2) is 4.98 Å². The molecule has 0 saturated carbocycles. The van der Waals surface area contributed by atoms with Gasteiger partial charge in [0.2, 0.25) is 0 Å². The fraction of sp³-hybridized carbons (Fsp3) is 0.0769. The molecule has 5 heteroatoms. The predicted molar refractivity (Wildman–Crippen MR) is 75.4 cm³/mol. The Morgan fingerprint density at radius 2 is 2.00 bits per heavy atom. The average molecular weight is 277 g/mol. The lowest BCUT2D eigenvalue weighted by atomic mass is 10.1. The molecule has 2 aromatic heterocycles. The van der Waals surface area contributed by atoms with Gasteiger partial charge in [0.05, 0.1) is 5.52 Å². The molecule has 0 fully saturated rings. The topological polar surface area (TPSA) is 45.8 Å². The fourth-order valence-electron chi connectivity index (χ4n) is 1.87. The lowest BCUT2D eigenvalue weighted by Crippen LogP contribution is -2.07. The van der Waals surface area contributed by atoms with Gasteiger partial charge in [-0.05, 0) is 24.6 Å². The predicted octanol–water partition coefficient (Wildman–Crippen LogP) is 3.61. The highest BCUT2D eigenvalue weighted by Gasteiger charge is 2.11. The molecule has 18 heavy (non-hydrogen) atoms. The van der Waals surface area contributed by atoms with Gasteiger partial charge in [0.25, 0.3) is 5.56 Å². The van der Waals surface area contributed by atoms with Crippen molar-refractivity contribution < 1.29 is 0 Å². The SMILES string of the molecule is Cc1nc2c(-c3ccc(Cl)cc3)csc2c(=O)[nH]1. The summed E-state index contributed by atoms with van der Waals surface area (Å²) in [4.78, 5) is 18.9. The molecule has 1 N–H and O–H groups in total. The molecule has 3 aromatic rings. The van der Waals surface area contributed by atoms with Crippen LogP contribution in [-0.4, -0.2) is 9.97 Å². The Morgan fingerprint density at radius 3 is 2.72 bits per heavy atom. The molecule has 0 atom stereocenters. The third kappa shape index (κ3) is 1.83. The lowest BCUT2D eigenvalue weighted by Gasteiger charge is -2.00. The van der Waals surface area contributed by atoms with E-state index < -0.39 is 0 Å². The number of thiophene rings is 1. The van der Waals surface area contributed by atoms with E-state index in [0.717, 1.165) is 16.6 Å². The van der Waals surface area contributed by atoms with Gasteiger partial charge in [0.15, 0.2) is 0 Å². The van der Waals surface area contributed by atoms with Gasteiger partial charge in [-0.1, -0.05) is 23.7 Å². The summed E-state index contributed by atoms with van der Waals surface area (Å²) in [7, 11) is 0. The van der Waals surface area contributed by atoms with Crippen molar-refractivity contribution in [3.63, 3.8) is 0 Å². The molecule has 0 aliphatic carbocycles. The van der Waals surface area contributed by atoms with Gasteiger partial charge in [0.1, 0.15) is 10.5 Å². The molecule has 0 spiro atoms. The first kappa shape index (κ1) is 11.4. The summed E-state index contributed by atoms with van der Waals surface area (Å²) in [5.41, 5.74) is 2.66. The van der Waals surface area contributed by atoms with Crippen molar-refractivity contribution in [3.05, 3.63) is 50.8 Å². The van der Waals surface area contributed by atoms with Crippen LogP contribution in [0.3, 0.4) is 0 Å². The zero-order chi connectivity index (χ0) is 12.7. The molecule has 3 nitrogen and oxygen atoms in total. The Labute approximate surface area is 112 Å². The second-order valence-electron chi connectivity index (χ2n) is 3.99. The number of benzene rings is 1. The van der Waals surface area contributed by atoms with Crippen molar-refractivity contribution in [2.45, 2.75) is 6.92 Å². The highest BCUT2D eigenvalue weighted by molar-refractivity contribution is 7.17. The van der Waals surface area contributed by atoms with E-state index in [4.69, 9.17) is 11.6 Å². The first-order valence-electron chi connectivity index (χ1n) is 5.39. The maximum atomic E-state index is 11.8. The van der Waals surface area contributed by atoms with Crippen LogP contribution < -0.4 is 5.56 Å². The van der Waals surface area contributed by atoms with Crippen LogP contribution >= 0.6 is 22.9 Å². The third-order valence-corrected chi connectivity index (χ3v) is 3.92. The summed E-state index contributed by atoms with van der Waals surface area (Å²) in [6.07, 6.45) is 0. The van der Waals surface area contributed by atoms with Crippen LogP contribution in [0.5, 0.6) is 0 Å². The van der Waals surface area contributed by atoms with Crippen LogP contribution in [0.15, 0.2) is 34.4 Å². The number of aromatic amines is 1. The maximum Gasteiger partial charge on any atom is 0.268 e. The minimum Gasteiger partial charge on any atom is -0.310 e. The Kier molecular flexibility index (Phi) is 2.69. The molecule has 0 radical (unpaired) electrons. The number of halogens is 1. The van der Waals surface area contributed by atoms with Crippen LogP contribution in [0.2, 0.25) is 5.02 Å². The molecule has 0 saturated heterocycles. The number of rotatable bonds is 1. The van der Waals surface area contributed by atoms with E-state index in [9.17, 15) is 4.79 Å². The highest BCUT2D eigenvalue weighted by atomic mass is 35.5. The Bertz CT molecular complexity index is 774.